The summed E-state index contributed by atoms with van der Waals surface area (Å²) in [4.78, 5) is 41.7. The first-order chi connectivity index (χ1) is 12.6. The minimum absolute atomic E-state index is 0.0283. The van der Waals surface area contributed by atoms with E-state index in [9.17, 15) is 14.4 Å². The van der Waals surface area contributed by atoms with Gasteiger partial charge in [-0.15, -0.1) is 0 Å². The van der Waals surface area contributed by atoms with Crippen molar-refractivity contribution >= 4 is 28.8 Å². The number of piperazine rings is 1. The van der Waals surface area contributed by atoms with E-state index in [0.717, 1.165) is 12.3 Å². The largest absolute Gasteiger partial charge is 0.497 e. The predicted molar refractivity (Wildman–Crippen MR) is 99.5 cm³/mol. The lowest BCUT2D eigenvalue weighted by molar-refractivity contribution is -0.132. The fourth-order valence-corrected chi connectivity index (χ4v) is 3.94. The molecule has 2 heterocycles. The number of methoxy groups -OCH3 is 1. The molecule has 2 aliphatic rings. The molecule has 3 amide bonds. The maximum absolute atomic E-state index is 12.5. The number of carbonyl (C=O) groups is 3. The van der Waals surface area contributed by atoms with Crippen LogP contribution in [0.3, 0.4) is 0 Å². The molecule has 7 nitrogen and oxygen atoms in total. The topological polar surface area (TPSA) is 70.2 Å². The molecule has 3 rings (SSSR count). The van der Waals surface area contributed by atoms with Crippen molar-refractivity contribution in [1.82, 2.24) is 14.7 Å². The van der Waals surface area contributed by atoms with Crippen LogP contribution in [-0.2, 0) is 4.79 Å². The summed E-state index contributed by atoms with van der Waals surface area (Å²) in [6, 6.07) is 7.05. The number of carbonyl (C=O) groups excluding carboxylic acids is 3. The molecule has 26 heavy (non-hydrogen) atoms. The van der Waals surface area contributed by atoms with Crippen molar-refractivity contribution in [3.05, 3.63) is 29.8 Å². The summed E-state index contributed by atoms with van der Waals surface area (Å²) < 4.78 is 5.11. The number of amides is 3. The van der Waals surface area contributed by atoms with Gasteiger partial charge in [0.15, 0.2) is 0 Å². The van der Waals surface area contributed by atoms with Gasteiger partial charge in [-0.3, -0.25) is 14.4 Å². The first-order valence-corrected chi connectivity index (χ1v) is 9.70. The molecule has 2 saturated heterocycles. The SMILES string of the molecule is COc1ccc(C(=O)N2CCN(C(=O)CCN3CCSC3=O)CC2)cc1. The molecule has 8 heteroatoms. The Hall–Kier alpha value is -2.22. The van der Waals surface area contributed by atoms with Gasteiger partial charge in [-0.1, -0.05) is 11.8 Å². The molecule has 2 aliphatic heterocycles. The molecule has 0 aromatic heterocycles. The zero-order valence-electron chi connectivity index (χ0n) is 14.8. The molecule has 2 fully saturated rings. The van der Waals surface area contributed by atoms with Crippen LogP contribution >= 0.6 is 11.8 Å². The molecule has 0 saturated carbocycles. The van der Waals surface area contributed by atoms with Crippen LogP contribution in [0.25, 0.3) is 0 Å². The quantitative estimate of drug-likeness (QED) is 0.778. The van der Waals surface area contributed by atoms with Crippen molar-refractivity contribution in [2.24, 2.45) is 0 Å². The molecule has 0 spiro atoms. The fraction of sp³-hybridized carbons (Fsp3) is 0.500. The van der Waals surface area contributed by atoms with E-state index in [0.29, 0.717) is 50.5 Å². The van der Waals surface area contributed by atoms with Gasteiger partial charge in [-0.05, 0) is 24.3 Å². The van der Waals surface area contributed by atoms with E-state index in [2.05, 4.69) is 0 Å². The van der Waals surface area contributed by atoms with E-state index in [-0.39, 0.29) is 17.1 Å². The van der Waals surface area contributed by atoms with Crippen LogP contribution < -0.4 is 4.74 Å². The average Bonchev–Trinajstić information content (AvgIpc) is 3.10. The van der Waals surface area contributed by atoms with Crippen molar-refractivity contribution < 1.29 is 19.1 Å². The molecule has 140 valence electrons. The summed E-state index contributed by atoms with van der Waals surface area (Å²) in [6.45, 7) is 3.31. The van der Waals surface area contributed by atoms with Gasteiger partial charge in [0.2, 0.25) is 5.91 Å². The number of ether oxygens (including phenoxy) is 1. The van der Waals surface area contributed by atoms with Crippen molar-refractivity contribution in [3.8, 4) is 5.75 Å². The number of thioether (sulfide) groups is 1. The highest BCUT2D eigenvalue weighted by molar-refractivity contribution is 8.13. The number of hydrogen-bond acceptors (Lipinski definition) is 5. The van der Waals surface area contributed by atoms with Crippen molar-refractivity contribution in [1.29, 1.82) is 0 Å². The summed E-state index contributed by atoms with van der Waals surface area (Å²) in [7, 11) is 1.59. The van der Waals surface area contributed by atoms with Gasteiger partial charge in [0, 0.05) is 57.0 Å². The number of nitrogens with zero attached hydrogens (tertiary/aromatic N) is 3. The Balaban J connectivity index is 1.46. The van der Waals surface area contributed by atoms with Crippen LogP contribution in [0.4, 0.5) is 4.79 Å². The third-order valence-corrected chi connectivity index (χ3v) is 5.59. The summed E-state index contributed by atoms with van der Waals surface area (Å²) in [5.41, 5.74) is 0.621. The first-order valence-electron chi connectivity index (χ1n) is 8.71. The standard InChI is InChI=1S/C18H23N3O4S/c1-25-15-4-2-14(3-5-15)17(23)20-10-8-19(9-11-20)16(22)6-7-21-12-13-26-18(21)24/h2-5H,6-13H2,1H3. The number of hydrogen-bond donors (Lipinski definition) is 0. The van der Waals surface area contributed by atoms with Crippen LogP contribution in [0.1, 0.15) is 16.8 Å². The molecule has 0 bridgehead atoms. The molecular weight excluding hydrogens is 354 g/mol. The predicted octanol–water partition coefficient (Wildman–Crippen LogP) is 1.54. The maximum atomic E-state index is 12.5. The second-order valence-corrected chi connectivity index (χ2v) is 7.30. The monoisotopic (exact) mass is 377 g/mol. The van der Waals surface area contributed by atoms with Gasteiger partial charge in [0.05, 0.1) is 7.11 Å². The van der Waals surface area contributed by atoms with Gasteiger partial charge in [0.25, 0.3) is 11.1 Å². The Morgan fingerprint density at radius 2 is 1.69 bits per heavy atom. The Kier molecular flexibility index (Phi) is 6.03. The fourth-order valence-electron chi connectivity index (χ4n) is 3.09. The van der Waals surface area contributed by atoms with Crippen LogP contribution in [0, 0.1) is 0 Å². The van der Waals surface area contributed by atoms with Gasteiger partial charge < -0.3 is 19.4 Å². The lowest BCUT2D eigenvalue weighted by Gasteiger charge is -2.35. The van der Waals surface area contributed by atoms with Crippen LogP contribution in [0.15, 0.2) is 24.3 Å². The molecular formula is C18H23N3O4S. The zero-order valence-corrected chi connectivity index (χ0v) is 15.7. The number of benzene rings is 1. The summed E-state index contributed by atoms with van der Waals surface area (Å²) >= 11 is 1.31. The lowest BCUT2D eigenvalue weighted by Crippen LogP contribution is -2.51. The molecule has 0 atom stereocenters. The average molecular weight is 377 g/mol. The highest BCUT2D eigenvalue weighted by Gasteiger charge is 2.26. The molecule has 1 aromatic carbocycles. The van der Waals surface area contributed by atoms with Gasteiger partial charge >= 0.3 is 0 Å². The van der Waals surface area contributed by atoms with E-state index in [1.807, 2.05) is 0 Å². The summed E-state index contributed by atoms with van der Waals surface area (Å²) in [5, 5.41) is 0.0627. The van der Waals surface area contributed by atoms with E-state index < -0.39 is 0 Å². The van der Waals surface area contributed by atoms with Gasteiger partial charge in [0.1, 0.15) is 5.75 Å². The molecule has 0 aliphatic carbocycles. The van der Waals surface area contributed by atoms with E-state index in [4.69, 9.17) is 4.74 Å². The van der Waals surface area contributed by atoms with Crippen LogP contribution in [0.5, 0.6) is 5.75 Å². The smallest absolute Gasteiger partial charge is 0.281 e. The third kappa shape index (κ3) is 4.30. The van der Waals surface area contributed by atoms with Crippen LogP contribution in [0.2, 0.25) is 0 Å². The molecule has 0 unspecified atom stereocenters. The summed E-state index contributed by atoms with van der Waals surface area (Å²) in [5.74, 6) is 1.54. The Morgan fingerprint density at radius 1 is 1.04 bits per heavy atom. The highest BCUT2D eigenvalue weighted by Crippen LogP contribution is 2.18. The molecule has 1 aromatic rings. The van der Waals surface area contributed by atoms with Crippen molar-refractivity contribution in [2.45, 2.75) is 6.42 Å². The zero-order chi connectivity index (χ0) is 18.5. The Bertz CT molecular complexity index is 672. The first kappa shape index (κ1) is 18.6. The third-order valence-electron chi connectivity index (χ3n) is 4.70. The minimum Gasteiger partial charge on any atom is -0.497 e. The molecule has 0 radical (unpaired) electrons. The minimum atomic E-state index is -0.0283. The Labute approximate surface area is 157 Å². The maximum Gasteiger partial charge on any atom is 0.281 e. The van der Waals surface area contributed by atoms with E-state index >= 15 is 0 Å². The second kappa shape index (κ2) is 8.44. The van der Waals surface area contributed by atoms with E-state index in [1.54, 1.807) is 46.1 Å². The van der Waals surface area contributed by atoms with Crippen molar-refractivity contribution in [2.75, 3.05) is 52.1 Å². The normalized spacial score (nSPS) is 17.6. The lowest BCUT2D eigenvalue weighted by atomic mass is 10.1. The molecule has 0 N–H and O–H groups in total. The summed E-state index contributed by atoms with van der Waals surface area (Å²) in [6.07, 6.45) is 0.346. The second-order valence-electron chi connectivity index (χ2n) is 6.25. The highest BCUT2D eigenvalue weighted by atomic mass is 32.2. The van der Waals surface area contributed by atoms with E-state index in [1.165, 1.54) is 11.8 Å². The van der Waals surface area contributed by atoms with Gasteiger partial charge in [-0.2, -0.15) is 0 Å². The Morgan fingerprint density at radius 3 is 2.27 bits per heavy atom. The van der Waals surface area contributed by atoms with Crippen molar-refractivity contribution in [3.63, 3.8) is 0 Å². The van der Waals surface area contributed by atoms with Gasteiger partial charge in [-0.25, -0.2) is 0 Å². The number of rotatable bonds is 5. The van der Waals surface area contributed by atoms with Crippen LogP contribution in [-0.4, -0.2) is 83.9 Å².